The highest BCUT2D eigenvalue weighted by Gasteiger charge is 2.11. The number of ether oxygens (including phenoxy) is 2. The summed E-state index contributed by atoms with van der Waals surface area (Å²) in [6.45, 7) is 4.29. The van der Waals surface area contributed by atoms with Gasteiger partial charge in [-0.1, -0.05) is 23.2 Å². The highest BCUT2D eigenvalue weighted by Crippen LogP contribution is 2.35. The molecular formula is C19H20BrCl2NO3. The Balaban J connectivity index is 1.83. The summed E-state index contributed by atoms with van der Waals surface area (Å²) in [5.74, 6) is 1.20. The molecule has 0 radical (unpaired) electrons. The number of halogens is 3. The maximum absolute atomic E-state index is 12.0. The maximum Gasteiger partial charge on any atom is 0.224 e. The van der Waals surface area contributed by atoms with Gasteiger partial charge in [0.15, 0.2) is 0 Å². The number of nitrogens with one attached hydrogen (secondary N) is 1. The van der Waals surface area contributed by atoms with Gasteiger partial charge in [-0.15, -0.1) is 0 Å². The number of hydrogen-bond donors (Lipinski definition) is 1. The Morgan fingerprint density at radius 2 is 1.92 bits per heavy atom. The molecule has 1 amide bonds. The summed E-state index contributed by atoms with van der Waals surface area (Å²) in [5, 5.41) is 3.98. The lowest BCUT2D eigenvalue weighted by molar-refractivity contribution is -0.116. The third-order valence-electron chi connectivity index (χ3n) is 3.81. The van der Waals surface area contributed by atoms with E-state index in [0.29, 0.717) is 35.9 Å². The van der Waals surface area contributed by atoms with Crippen LogP contribution in [0.4, 0.5) is 5.69 Å². The summed E-state index contributed by atoms with van der Waals surface area (Å²) in [6, 6.07) is 7.00. The third kappa shape index (κ3) is 5.29. The van der Waals surface area contributed by atoms with Crippen LogP contribution in [-0.2, 0) is 4.79 Å². The van der Waals surface area contributed by atoms with Gasteiger partial charge in [0.25, 0.3) is 0 Å². The first-order valence-corrected chi connectivity index (χ1v) is 9.59. The van der Waals surface area contributed by atoms with Crippen molar-refractivity contribution in [3.05, 3.63) is 49.9 Å². The van der Waals surface area contributed by atoms with Gasteiger partial charge in [-0.2, -0.15) is 0 Å². The predicted octanol–water partition coefficient (Wildman–Crippen LogP) is 6.18. The Hall–Kier alpha value is -1.43. The van der Waals surface area contributed by atoms with E-state index < -0.39 is 0 Å². The van der Waals surface area contributed by atoms with Gasteiger partial charge in [-0.3, -0.25) is 4.79 Å². The molecule has 1 N–H and O–H groups in total. The third-order valence-corrected chi connectivity index (χ3v) is 5.67. The van der Waals surface area contributed by atoms with Crippen LogP contribution in [-0.4, -0.2) is 19.6 Å². The summed E-state index contributed by atoms with van der Waals surface area (Å²) < 4.78 is 11.7. The summed E-state index contributed by atoms with van der Waals surface area (Å²) in [6.07, 6.45) is 0.926. The Morgan fingerprint density at radius 1 is 1.19 bits per heavy atom. The van der Waals surface area contributed by atoms with Gasteiger partial charge in [-0.05, 0) is 71.6 Å². The Kier molecular flexibility index (Phi) is 7.62. The average molecular weight is 461 g/mol. The second-order valence-electron chi connectivity index (χ2n) is 5.79. The van der Waals surface area contributed by atoms with E-state index in [1.54, 1.807) is 25.3 Å². The zero-order valence-electron chi connectivity index (χ0n) is 14.8. The number of carbonyl (C=O) groups is 1. The van der Waals surface area contributed by atoms with Crippen molar-refractivity contribution < 1.29 is 14.3 Å². The van der Waals surface area contributed by atoms with Gasteiger partial charge in [-0.25, -0.2) is 0 Å². The first kappa shape index (κ1) is 20.9. The van der Waals surface area contributed by atoms with E-state index in [4.69, 9.17) is 32.7 Å². The lowest BCUT2D eigenvalue weighted by atomic mass is 10.1. The number of carbonyl (C=O) groups excluding carboxylic acids is 1. The average Bonchev–Trinajstić information content (AvgIpc) is 2.61. The maximum atomic E-state index is 12.0. The fraction of sp³-hybridized carbons (Fsp3) is 0.316. The summed E-state index contributed by atoms with van der Waals surface area (Å²) in [4.78, 5) is 12.0. The van der Waals surface area contributed by atoms with Crippen LogP contribution in [0.25, 0.3) is 0 Å². The summed E-state index contributed by atoms with van der Waals surface area (Å²) in [5.41, 5.74) is 2.53. The van der Waals surface area contributed by atoms with Crippen LogP contribution in [0.15, 0.2) is 28.7 Å². The second kappa shape index (κ2) is 9.49. The van der Waals surface area contributed by atoms with Crippen molar-refractivity contribution >= 4 is 50.7 Å². The first-order chi connectivity index (χ1) is 12.3. The Bertz CT molecular complexity index is 812. The molecule has 0 saturated carbocycles. The Labute approximate surface area is 171 Å². The zero-order valence-corrected chi connectivity index (χ0v) is 17.9. The number of benzene rings is 2. The van der Waals surface area contributed by atoms with Crippen LogP contribution in [0.2, 0.25) is 10.0 Å². The fourth-order valence-electron chi connectivity index (χ4n) is 2.39. The van der Waals surface area contributed by atoms with Crippen LogP contribution in [0.1, 0.15) is 24.0 Å². The van der Waals surface area contributed by atoms with E-state index >= 15 is 0 Å². The van der Waals surface area contributed by atoms with Crippen molar-refractivity contribution in [3.63, 3.8) is 0 Å². The number of anilines is 1. The van der Waals surface area contributed by atoms with Crippen LogP contribution in [0, 0.1) is 13.8 Å². The van der Waals surface area contributed by atoms with Gasteiger partial charge in [0, 0.05) is 17.1 Å². The number of methoxy groups -OCH3 is 1. The van der Waals surface area contributed by atoms with Crippen LogP contribution < -0.4 is 14.8 Å². The monoisotopic (exact) mass is 459 g/mol. The van der Waals surface area contributed by atoms with E-state index in [2.05, 4.69) is 21.2 Å². The normalized spacial score (nSPS) is 10.5. The molecule has 2 aromatic rings. The lowest BCUT2D eigenvalue weighted by Crippen LogP contribution is -2.13. The predicted molar refractivity (Wildman–Crippen MR) is 110 cm³/mol. The van der Waals surface area contributed by atoms with Gasteiger partial charge in [0.1, 0.15) is 11.5 Å². The zero-order chi connectivity index (χ0) is 19.3. The fourth-order valence-corrected chi connectivity index (χ4v) is 3.34. The molecule has 0 bridgehead atoms. The summed E-state index contributed by atoms with van der Waals surface area (Å²) in [7, 11) is 1.54. The van der Waals surface area contributed by atoms with E-state index in [-0.39, 0.29) is 5.91 Å². The van der Waals surface area contributed by atoms with Crippen molar-refractivity contribution in [1.82, 2.24) is 0 Å². The standard InChI is InChI=1S/C19H20BrCl2NO3/c1-11-9-16(18(20)12(2)19(11)22)26-8-4-5-17(24)23-13-6-7-15(25-3)14(21)10-13/h6-7,9-10H,4-5,8H2,1-3H3,(H,23,24). The molecule has 0 aliphatic heterocycles. The highest BCUT2D eigenvalue weighted by molar-refractivity contribution is 9.10. The minimum atomic E-state index is -0.0997. The van der Waals surface area contributed by atoms with Crippen molar-refractivity contribution in [3.8, 4) is 11.5 Å². The number of hydrogen-bond acceptors (Lipinski definition) is 3. The molecule has 2 aromatic carbocycles. The van der Waals surface area contributed by atoms with Crippen LogP contribution >= 0.6 is 39.1 Å². The molecule has 0 atom stereocenters. The Morgan fingerprint density at radius 3 is 2.58 bits per heavy atom. The molecule has 7 heteroatoms. The van der Waals surface area contributed by atoms with E-state index in [1.165, 1.54) is 0 Å². The van der Waals surface area contributed by atoms with Gasteiger partial charge >= 0.3 is 0 Å². The second-order valence-corrected chi connectivity index (χ2v) is 7.37. The van der Waals surface area contributed by atoms with Crippen molar-refractivity contribution in [2.75, 3.05) is 19.0 Å². The van der Waals surface area contributed by atoms with E-state index in [1.807, 2.05) is 19.9 Å². The first-order valence-electron chi connectivity index (χ1n) is 8.05. The van der Waals surface area contributed by atoms with Gasteiger partial charge in [0.05, 0.1) is 23.2 Å². The van der Waals surface area contributed by atoms with Gasteiger partial charge in [0.2, 0.25) is 5.91 Å². The topological polar surface area (TPSA) is 47.6 Å². The molecule has 0 saturated heterocycles. The summed E-state index contributed by atoms with van der Waals surface area (Å²) >= 11 is 15.8. The largest absolute Gasteiger partial charge is 0.495 e. The molecule has 0 spiro atoms. The molecule has 0 aliphatic carbocycles. The number of rotatable bonds is 7. The molecular weight excluding hydrogens is 441 g/mol. The van der Waals surface area contributed by atoms with Crippen molar-refractivity contribution in [2.24, 2.45) is 0 Å². The molecule has 0 fully saturated rings. The SMILES string of the molecule is COc1ccc(NC(=O)CCCOc2cc(C)c(Cl)c(C)c2Br)cc1Cl. The molecule has 26 heavy (non-hydrogen) atoms. The highest BCUT2D eigenvalue weighted by atomic mass is 79.9. The molecule has 0 heterocycles. The molecule has 0 unspecified atom stereocenters. The molecule has 0 aromatic heterocycles. The molecule has 4 nitrogen and oxygen atoms in total. The van der Waals surface area contributed by atoms with Crippen molar-refractivity contribution in [1.29, 1.82) is 0 Å². The minimum absolute atomic E-state index is 0.0997. The van der Waals surface area contributed by atoms with Crippen LogP contribution in [0.5, 0.6) is 11.5 Å². The number of aryl methyl sites for hydroxylation is 1. The molecule has 2 rings (SSSR count). The van der Waals surface area contributed by atoms with E-state index in [0.717, 1.165) is 26.4 Å². The quantitative estimate of drug-likeness (QED) is 0.502. The van der Waals surface area contributed by atoms with Gasteiger partial charge < -0.3 is 14.8 Å². The molecule has 0 aliphatic rings. The number of amides is 1. The molecule has 140 valence electrons. The minimum Gasteiger partial charge on any atom is -0.495 e. The van der Waals surface area contributed by atoms with Crippen molar-refractivity contribution in [2.45, 2.75) is 26.7 Å². The smallest absolute Gasteiger partial charge is 0.224 e. The van der Waals surface area contributed by atoms with Crippen LogP contribution in [0.3, 0.4) is 0 Å². The van der Waals surface area contributed by atoms with E-state index in [9.17, 15) is 4.79 Å². The lowest BCUT2D eigenvalue weighted by Gasteiger charge is -2.13.